The summed E-state index contributed by atoms with van der Waals surface area (Å²) in [7, 11) is 0. The van der Waals surface area contributed by atoms with Gasteiger partial charge < -0.3 is 5.32 Å². The predicted molar refractivity (Wildman–Crippen MR) is 109 cm³/mol. The van der Waals surface area contributed by atoms with Crippen molar-refractivity contribution in [2.75, 3.05) is 5.32 Å². The quantitative estimate of drug-likeness (QED) is 0.526. The minimum atomic E-state index is -0.220. The van der Waals surface area contributed by atoms with E-state index in [1.165, 1.54) is 6.08 Å². The number of carbonyl (C=O) groups excluding carboxylic acids is 1. The molecule has 6 nitrogen and oxygen atoms in total. The van der Waals surface area contributed by atoms with Crippen molar-refractivity contribution < 1.29 is 4.79 Å². The van der Waals surface area contributed by atoms with Crippen LogP contribution in [0.3, 0.4) is 0 Å². The molecular weight excluding hydrogens is 350 g/mol. The highest BCUT2D eigenvalue weighted by Crippen LogP contribution is 2.11. The molecule has 0 atom stereocenters. The van der Waals surface area contributed by atoms with Crippen LogP contribution in [-0.2, 0) is 11.3 Å². The van der Waals surface area contributed by atoms with Crippen LogP contribution in [0.5, 0.6) is 0 Å². The molecule has 0 radical (unpaired) electrons. The van der Waals surface area contributed by atoms with Gasteiger partial charge in [0.15, 0.2) is 0 Å². The van der Waals surface area contributed by atoms with E-state index in [-0.39, 0.29) is 5.91 Å². The van der Waals surface area contributed by atoms with Crippen LogP contribution in [0.4, 0.5) is 5.82 Å². The molecule has 4 rings (SSSR count). The van der Waals surface area contributed by atoms with Crippen LogP contribution in [0.25, 0.3) is 11.8 Å². The van der Waals surface area contributed by atoms with Crippen molar-refractivity contribution in [2.24, 2.45) is 0 Å². The Morgan fingerprint density at radius 2 is 1.71 bits per heavy atom. The van der Waals surface area contributed by atoms with Gasteiger partial charge in [-0.05, 0) is 23.8 Å². The number of benzene rings is 2. The molecule has 1 amide bonds. The van der Waals surface area contributed by atoms with Crippen LogP contribution in [0, 0.1) is 0 Å². The van der Waals surface area contributed by atoms with E-state index in [0.717, 1.165) is 16.8 Å². The smallest absolute Gasteiger partial charge is 0.249 e. The highest BCUT2D eigenvalue weighted by Gasteiger charge is 2.06. The Morgan fingerprint density at radius 1 is 0.964 bits per heavy atom. The van der Waals surface area contributed by atoms with Gasteiger partial charge in [0.2, 0.25) is 5.91 Å². The fraction of sp³-hybridized carbons (Fsp3) is 0.0455. The molecule has 0 aliphatic carbocycles. The average molecular weight is 369 g/mol. The number of hydrogen-bond acceptors (Lipinski definition) is 3. The van der Waals surface area contributed by atoms with Gasteiger partial charge in [-0.1, -0.05) is 48.5 Å². The molecule has 0 unspecified atom stereocenters. The summed E-state index contributed by atoms with van der Waals surface area (Å²) in [6.07, 6.45) is 8.49. The monoisotopic (exact) mass is 369 g/mol. The van der Waals surface area contributed by atoms with Gasteiger partial charge in [0.1, 0.15) is 5.82 Å². The summed E-state index contributed by atoms with van der Waals surface area (Å²) in [6.45, 7) is 0.594. The Bertz CT molecular complexity index is 1080. The lowest BCUT2D eigenvalue weighted by Gasteiger charge is -2.07. The van der Waals surface area contributed by atoms with Crippen molar-refractivity contribution in [3.63, 3.8) is 0 Å². The van der Waals surface area contributed by atoms with Crippen LogP contribution in [0.15, 0.2) is 91.4 Å². The second-order valence-corrected chi connectivity index (χ2v) is 6.24. The zero-order valence-corrected chi connectivity index (χ0v) is 15.1. The van der Waals surface area contributed by atoms with E-state index < -0.39 is 0 Å². The third-order valence-electron chi connectivity index (χ3n) is 4.19. The summed E-state index contributed by atoms with van der Waals surface area (Å²) in [5, 5.41) is 11.5. The van der Waals surface area contributed by atoms with E-state index in [1.54, 1.807) is 33.9 Å². The molecule has 138 valence electrons. The standard InChI is InChI=1S/C22H19N5O/c28-22(12-11-19-15-24-26(17-19)20-9-5-2-6-10-20)25-21-13-14-23-27(21)16-18-7-3-1-4-8-18/h1-15,17H,16H2,(H,25,28)/b12-11+. The third-order valence-corrected chi connectivity index (χ3v) is 4.19. The van der Waals surface area contributed by atoms with E-state index in [0.29, 0.717) is 12.4 Å². The predicted octanol–water partition coefficient (Wildman–Crippen LogP) is 3.77. The van der Waals surface area contributed by atoms with E-state index in [1.807, 2.05) is 66.9 Å². The van der Waals surface area contributed by atoms with Gasteiger partial charge >= 0.3 is 0 Å². The van der Waals surface area contributed by atoms with Crippen LogP contribution in [0.1, 0.15) is 11.1 Å². The highest BCUT2D eigenvalue weighted by atomic mass is 16.1. The molecule has 0 saturated heterocycles. The van der Waals surface area contributed by atoms with Gasteiger partial charge in [0.05, 0.1) is 24.6 Å². The SMILES string of the molecule is O=C(/C=C/c1cnn(-c2ccccc2)c1)Nc1ccnn1Cc1ccccc1. The molecule has 0 aliphatic rings. The number of hydrogen-bond donors (Lipinski definition) is 1. The Morgan fingerprint density at radius 3 is 2.50 bits per heavy atom. The second-order valence-electron chi connectivity index (χ2n) is 6.24. The number of amides is 1. The summed E-state index contributed by atoms with van der Waals surface area (Å²) in [5.41, 5.74) is 2.93. The molecule has 4 aromatic rings. The van der Waals surface area contributed by atoms with Gasteiger partial charge in [-0.25, -0.2) is 9.36 Å². The van der Waals surface area contributed by atoms with E-state index in [4.69, 9.17) is 0 Å². The first kappa shape index (κ1) is 17.5. The third kappa shape index (κ3) is 4.24. The van der Waals surface area contributed by atoms with Gasteiger partial charge in [0.25, 0.3) is 0 Å². The van der Waals surface area contributed by atoms with E-state index >= 15 is 0 Å². The van der Waals surface area contributed by atoms with Crippen molar-refractivity contribution in [1.82, 2.24) is 19.6 Å². The van der Waals surface area contributed by atoms with Crippen molar-refractivity contribution in [3.05, 3.63) is 103 Å². The summed E-state index contributed by atoms with van der Waals surface area (Å²) in [5.74, 6) is 0.431. The topological polar surface area (TPSA) is 64.7 Å². The first-order valence-electron chi connectivity index (χ1n) is 8.93. The maximum Gasteiger partial charge on any atom is 0.249 e. The van der Waals surface area contributed by atoms with Crippen LogP contribution >= 0.6 is 0 Å². The van der Waals surface area contributed by atoms with Crippen LogP contribution < -0.4 is 5.32 Å². The van der Waals surface area contributed by atoms with E-state index in [2.05, 4.69) is 15.5 Å². The van der Waals surface area contributed by atoms with Crippen molar-refractivity contribution in [2.45, 2.75) is 6.54 Å². The Hall–Kier alpha value is -3.93. The normalized spacial score (nSPS) is 11.0. The molecule has 28 heavy (non-hydrogen) atoms. The molecule has 2 aromatic carbocycles. The zero-order valence-electron chi connectivity index (χ0n) is 15.1. The number of nitrogens with one attached hydrogen (secondary N) is 1. The number of rotatable bonds is 6. The lowest BCUT2D eigenvalue weighted by molar-refractivity contribution is -0.111. The number of para-hydroxylation sites is 1. The molecule has 0 saturated carbocycles. The average Bonchev–Trinajstić information content (AvgIpc) is 3.38. The molecule has 6 heteroatoms. The number of aromatic nitrogens is 4. The van der Waals surface area contributed by atoms with Gasteiger partial charge in [-0.3, -0.25) is 4.79 Å². The lowest BCUT2D eigenvalue weighted by Crippen LogP contribution is -2.13. The minimum Gasteiger partial charge on any atom is -0.307 e. The lowest BCUT2D eigenvalue weighted by atomic mass is 10.2. The minimum absolute atomic E-state index is 0.220. The molecular formula is C22H19N5O. The highest BCUT2D eigenvalue weighted by molar-refractivity contribution is 6.01. The van der Waals surface area contributed by atoms with Gasteiger partial charge in [-0.15, -0.1) is 0 Å². The second kappa shape index (κ2) is 8.18. The summed E-state index contributed by atoms with van der Waals surface area (Å²) < 4.78 is 3.53. The zero-order chi connectivity index (χ0) is 19.2. The molecule has 0 bridgehead atoms. The number of carbonyl (C=O) groups is 1. The molecule has 1 N–H and O–H groups in total. The maximum absolute atomic E-state index is 12.3. The summed E-state index contributed by atoms with van der Waals surface area (Å²) >= 11 is 0. The first-order valence-corrected chi connectivity index (χ1v) is 8.93. The Balaban J connectivity index is 1.40. The van der Waals surface area contributed by atoms with Gasteiger partial charge in [-0.2, -0.15) is 10.2 Å². The fourth-order valence-corrected chi connectivity index (χ4v) is 2.81. The first-order chi connectivity index (χ1) is 13.8. The van der Waals surface area contributed by atoms with Gasteiger partial charge in [0, 0.05) is 23.9 Å². The Kier molecular flexibility index (Phi) is 5.11. The molecule has 2 heterocycles. The number of anilines is 1. The summed E-state index contributed by atoms with van der Waals surface area (Å²) in [4.78, 5) is 12.3. The Labute approximate surface area is 162 Å². The molecule has 0 aliphatic heterocycles. The maximum atomic E-state index is 12.3. The van der Waals surface area contributed by atoms with Crippen molar-refractivity contribution >= 4 is 17.8 Å². The number of nitrogens with zero attached hydrogens (tertiary/aromatic N) is 4. The molecule has 0 fully saturated rings. The van der Waals surface area contributed by atoms with Crippen LogP contribution in [0.2, 0.25) is 0 Å². The van der Waals surface area contributed by atoms with Crippen molar-refractivity contribution in [1.29, 1.82) is 0 Å². The van der Waals surface area contributed by atoms with E-state index in [9.17, 15) is 4.79 Å². The largest absolute Gasteiger partial charge is 0.307 e. The molecule has 2 aromatic heterocycles. The van der Waals surface area contributed by atoms with Crippen LogP contribution in [-0.4, -0.2) is 25.5 Å². The molecule has 0 spiro atoms. The summed E-state index contributed by atoms with van der Waals surface area (Å²) in [6, 6.07) is 21.6. The fourth-order valence-electron chi connectivity index (χ4n) is 2.81. The van der Waals surface area contributed by atoms with Crippen molar-refractivity contribution in [3.8, 4) is 5.69 Å².